The van der Waals surface area contributed by atoms with E-state index in [0.29, 0.717) is 5.92 Å². The van der Waals surface area contributed by atoms with Crippen molar-refractivity contribution >= 4 is 5.91 Å². The minimum absolute atomic E-state index is 0.151. The fraction of sp³-hybridized carbons (Fsp3) is 0.923. The van der Waals surface area contributed by atoms with Crippen molar-refractivity contribution in [2.75, 3.05) is 19.6 Å². The third-order valence-corrected chi connectivity index (χ3v) is 3.04. The lowest BCUT2D eigenvalue weighted by atomic mass is 9.93. The van der Waals surface area contributed by atoms with Crippen LogP contribution in [0.3, 0.4) is 0 Å². The summed E-state index contributed by atoms with van der Waals surface area (Å²) in [4.78, 5) is 14.4. The van der Waals surface area contributed by atoms with Crippen LogP contribution in [-0.4, -0.2) is 36.0 Å². The molecule has 0 aromatic heterocycles. The molecule has 1 heterocycles. The molecule has 0 radical (unpaired) electrons. The van der Waals surface area contributed by atoms with Crippen LogP contribution >= 0.6 is 0 Å². The Morgan fingerprint density at radius 1 is 1.31 bits per heavy atom. The van der Waals surface area contributed by atoms with Gasteiger partial charge in [0.15, 0.2) is 0 Å². The average Bonchev–Trinajstić information content (AvgIpc) is 2.17. The molecule has 0 aliphatic carbocycles. The number of amides is 1. The van der Waals surface area contributed by atoms with Crippen molar-refractivity contribution in [2.24, 2.45) is 11.3 Å². The first-order valence-electron chi connectivity index (χ1n) is 6.18. The van der Waals surface area contributed by atoms with Crippen LogP contribution in [0.2, 0.25) is 0 Å². The zero-order valence-corrected chi connectivity index (χ0v) is 11.6. The van der Waals surface area contributed by atoms with Gasteiger partial charge in [0.05, 0.1) is 5.54 Å². The standard InChI is InChI=1S/C13H26N2O/c1-10(2)7-15-9-12(3,4)8-14-13(5,6)11(15)16/h10,14H,7-9H2,1-6H3. The van der Waals surface area contributed by atoms with E-state index in [1.807, 2.05) is 18.7 Å². The zero-order chi connectivity index (χ0) is 12.6. The predicted octanol–water partition coefficient (Wildman–Crippen LogP) is 1.88. The first-order valence-corrected chi connectivity index (χ1v) is 6.18. The van der Waals surface area contributed by atoms with E-state index in [0.717, 1.165) is 19.6 Å². The van der Waals surface area contributed by atoms with Crippen molar-refractivity contribution in [1.82, 2.24) is 10.2 Å². The van der Waals surface area contributed by atoms with Crippen molar-refractivity contribution in [3.63, 3.8) is 0 Å². The molecule has 1 aliphatic rings. The number of carbonyl (C=O) groups is 1. The largest absolute Gasteiger partial charge is 0.340 e. The maximum Gasteiger partial charge on any atom is 0.242 e. The lowest BCUT2D eigenvalue weighted by Gasteiger charge is -2.32. The van der Waals surface area contributed by atoms with Crippen molar-refractivity contribution < 1.29 is 4.79 Å². The van der Waals surface area contributed by atoms with Crippen molar-refractivity contribution in [3.8, 4) is 0 Å². The summed E-state index contributed by atoms with van der Waals surface area (Å²) < 4.78 is 0. The Labute approximate surface area is 99.6 Å². The summed E-state index contributed by atoms with van der Waals surface area (Å²) in [5.74, 6) is 0.750. The Balaban J connectivity index is 2.89. The normalized spacial score (nSPS) is 24.7. The van der Waals surface area contributed by atoms with Gasteiger partial charge in [0.2, 0.25) is 5.91 Å². The molecule has 1 fully saturated rings. The van der Waals surface area contributed by atoms with Gasteiger partial charge in [0, 0.05) is 19.6 Å². The summed E-state index contributed by atoms with van der Waals surface area (Å²) in [7, 11) is 0. The minimum atomic E-state index is -0.428. The summed E-state index contributed by atoms with van der Waals surface area (Å²) >= 11 is 0. The monoisotopic (exact) mass is 226 g/mol. The van der Waals surface area contributed by atoms with Gasteiger partial charge in [-0.15, -0.1) is 0 Å². The molecule has 1 N–H and O–H groups in total. The molecule has 0 saturated carbocycles. The fourth-order valence-corrected chi connectivity index (χ4v) is 2.16. The number of hydrogen-bond donors (Lipinski definition) is 1. The van der Waals surface area contributed by atoms with Gasteiger partial charge in [-0.1, -0.05) is 27.7 Å². The second-order valence-electron chi connectivity index (χ2n) is 6.72. The Bertz CT molecular complexity index is 269. The highest BCUT2D eigenvalue weighted by molar-refractivity contribution is 5.85. The predicted molar refractivity (Wildman–Crippen MR) is 67.3 cm³/mol. The maximum absolute atomic E-state index is 12.4. The second kappa shape index (κ2) is 4.36. The lowest BCUT2D eigenvalue weighted by molar-refractivity contribution is -0.137. The number of carbonyl (C=O) groups excluding carboxylic acids is 1. The topological polar surface area (TPSA) is 32.3 Å². The van der Waals surface area contributed by atoms with E-state index in [-0.39, 0.29) is 11.3 Å². The molecule has 0 bridgehead atoms. The van der Waals surface area contributed by atoms with Gasteiger partial charge in [0.25, 0.3) is 0 Å². The molecule has 0 spiro atoms. The van der Waals surface area contributed by atoms with Crippen LogP contribution < -0.4 is 5.32 Å². The van der Waals surface area contributed by atoms with Crippen LogP contribution in [0.15, 0.2) is 0 Å². The molecular formula is C13H26N2O. The molecule has 0 aromatic carbocycles. The third-order valence-electron chi connectivity index (χ3n) is 3.04. The first-order chi connectivity index (χ1) is 7.14. The van der Waals surface area contributed by atoms with Gasteiger partial charge in [-0.05, 0) is 25.2 Å². The van der Waals surface area contributed by atoms with Crippen LogP contribution in [0.5, 0.6) is 0 Å². The van der Waals surface area contributed by atoms with E-state index in [4.69, 9.17) is 0 Å². The molecule has 16 heavy (non-hydrogen) atoms. The molecule has 1 aliphatic heterocycles. The lowest BCUT2D eigenvalue weighted by Crippen LogP contribution is -2.52. The SMILES string of the molecule is CC(C)CN1CC(C)(C)CNC(C)(C)C1=O. The van der Waals surface area contributed by atoms with E-state index in [2.05, 4.69) is 33.0 Å². The number of hydrogen-bond acceptors (Lipinski definition) is 2. The summed E-state index contributed by atoms with van der Waals surface area (Å²) in [6, 6.07) is 0. The number of nitrogens with one attached hydrogen (secondary N) is 1. The van der Waals surface area contributed by atoms with Crippen molar-refractivity contribution in [2.45, 2.75) is 47.1 Å². The Hall–Kier alpha value is -0.570. The molecule has 3 heteroatoms. The first kappa shape index (κ1) is 13.5. The van der Waals surface area contributed by atoms with E-state index < -0.39 is 5.54 Å². The van der Waals surface area contributed by atoms with Crippen molar-refractivity contribution in [1.29, 1.82) is 0 Å². The Morgan fingerprint density at radius 3 is 2.38 bits per heavy atom. The van der Waals surface area contributed by atoms with E-state index in [1.54, 1.807) is 0 Å². The van der Waals surface area contributed by atoms with Crippen LogP contribution in [0.25, 0.3) is 0 Å². The summed E-state index contributed by atoms with van der Waals surface area (Å²) in [6.45, 7) is 15.3. The third kappa shape index (κ3) is 3.21. The molecule has 1 rings (SSSR count). The summed E-state index contributed by atoms with van der Waals surface area (Å²) in [5.41, 5.74) is -0.277. The molecule has 94 valence electrons. The van der Waals surface area contributed by atoms with Gasteiger partial charge in [-0.2, -0.15) is 0 Å². The van der Waals surface area contributed by atoms with Crippen LogP contribution in [-0.2, 0) is 4.79 Å². The minimum Gasteiger partial charge on any atom is -0.340 e. The highest BCUT2D eigenvalue weighted by Crippen LogP contribution is 2.24. The van der Waals surface area contributed by atoms with Gasteiger partial charge in [-0.3, -0.25) is 4.79 Å². The van der Waals surface area contributed by atoms with Gasteiger partial charge >= 0.3 is 0 Å². The van der Waals surface area contributed by atoms with Gasteiger partial charge < -0.3 is 10.2 Å². The summed E-state index contributed by atoms with van der Waals surface area (Å²) in [6.07, 6.45) is 0. The van der Waals surface area contributed by atoms with Gasteiger partial charge in [0.1, 0.15) is 0 Å². The molecule has 0 unspecified atom stereocenters. The average molecular weight is 226 g/mol. The van der Waals surface area contributed by atoms with E-state index in [1.165, 1.54) is 0 Å². The zero-order valence-electron chi connectivity index (χ0n) is 11.6. The van der Waals surface area contributed by atoms with Crippen LogP contribution in [0.4, 0.5) is 0 Å². The van der Waals surface area contributed by atoms with Gasteiger partial charge in [-0.25, -0.2) is 0 Å². The molecule has 0 atom stereocenters. The molecule has 1 saturated heterocycles. The smallest absolute Gasteiger partial charge is 0.242 e. The van der Waals surface area contributed by atoms with Crippen LogP contribution in [0.1, 0.15) is 41.5 Å². The van der Waals surface area contributed by atoms with E-state index >= 15 is 0 Å². The number of nitrogens with zero attached hydrogens (tertiary/aromatic N) is 1. The molecular weight excluding hydrogens is 200 g/mol. The quantitative estimate of drug-likeness (QED) is 0.779. The second-order valence-corrected chi connectivity index (χ2v) is 6.72. The molecule has 0 aromatic rings. The number of rotatable bonds is 2. The highest BCUT2D eigenvalue weighted by atomic mass is 16.2. The molecule has 1 amide bonds. The van der Waals surface area contributed by atoms with Crippen LogP contribution in [0, 0.1) is 11.3 Å². The Kier molecular flexibility index (Phi) is 3.68. The highest BCUT2D eigenvalue weighted by Gasteiger charge is 2.39. The van der Waals surface area contributed by atoms with Crippen molar-refractivity contribution in [3.05, 3.63) is 0 Å². The summed E-state index contributed by atoms with van der Waals surface area (Å²) in [5, 5.41) is 3.37. The maximum atomic E-state index is 12.4. The fourth-order valence-electron chi connectivity index (χ4n) is 2.16. The molecule has 3 nitrogen and oxygen atoms in total. The Morgan fingerprint density at radius 2 is 1.88 bits per heavy atom. The van der Waals surface area contributed by atoms with E-state index in [9.17, 15) is 4.79 Å².